The van der Waals surface area contributed by atoms with Crippen LogP contribution in [-0.4, -0.2) is 9.97 Å². The van der Waals surface area contributed by atoms with Gasteiger partial charge < -0.3 is 10.5 Å². The molecule has 0 saturated heterocycles. The summed E-state index contributed by atoms with van der Waals surface area (Å²) in [4.78, 5) is 4.50. The van der Waals surface area contributed by atoms with Crippen LogP contribution in [0, 0.1) is 0 Å². The van der Waals surface area contributed by atoms with Gasteiger partial charge >= 0.3 is 0 Å². The van der Waals surface area contributed by atoms with E-state index in [2.05, 4.69) is 24.0 Å². The van der Waals surface area contributed by atoms with Crippen LogP contribution in [0.1, 0.15) is 24.5 Å². The van der Waals surface area contributed by atoms with Crippen molar-refractivity contribution in [3.8, 4) is 11.6 Å². The zero-order valence-electron chi connectivity index (χ0n) is 10.8. The van der Waals surface area contributed by atoms with Crippen LogP contribution in [0.25, 0.3) is 0 Å². The fourth-order valence-electron chi connectivity index (χ4n) is 1.72. The summed E-state index contributed by atoms with van der Waals surface area (Å²) >= 11 is 4.87. The van der Waals surface area contributed by atoms with Gasteiger partial charge in [-0.3, -0.25) is 0 Å². The molecule has 0 aliphatic carbocycles. The van der Waals surface area contributed by atoms with Crippen molar-refractivity contribution < 1.29 is 4.74 Å². The van der Waals surface area contributed by atoms with Crippen molar-refractivity contribution >= 4 is 17.2 Å². The van der Waals surface area contributed by atoms with Crippen molar-refractivity contribution in [2.45, 2.75) is 19.8 Å². The molecule has 0 unspecified atom stereocenters. The minimum absolute atomic E-state index is 0.336. The van der Waals surface area contributed by atoms with E-state index in [0.29, 0.717) is 10.9 Å². The molecule has 0 saturated carbocycles. The molecule has 2 aromatic rings. The summed E-state index contributed by atoms with van der Waals surface area (Å²) in [6, 6.07) is 11.6. The van der Waals surface area contributed by atoms with Gasteiger partial charge in [-0.15, -0.1) is 0 Å². The van der Waals surface area contributed by atoms with Gasteiger partial charge in [0, 0.05) is 17.8 Å². The quantitative estimate of drug-likeness (QED) is 0.847. The van der Waals surface area contributed by atoms with Gasteiger partial charge in [-0.2, -0.15) is 0 Å². The molecule has 0 radical (unpaired) electrons. The van der Waals surface area contributed by atoms with E-state index in [4.69, 9.17) is 22.7 Å². The van der Waals surface area contributed by atoms with Crippen molar-refractivity contribution in [1.82, 2.24) is 4.98 Å². The number of pyridine rings is 1. The lowest BCUT2D eigenvalue weighted by Crippen LogP contribution is -2.09. The Kier molecular flexibility index (Phi) is 4.47. The van der Waals surface area contributed by atoms with Crippen LogP contribution in [0.15, 0.2) is 42.6 Å². The average molecular weight is 272 g/mol. The third kappa shape index (κ3) is 3.76. The summed E-state index contributed by atoms with van der Waals surface area (Å²) < 4.78 is 5.65. The molecule has 1 aromatic carbocycles. The Labute approximate surface area is 118 Å². The fourth-order valence-corrected chi connectivity index (χ4v) is 1.84. The van der Waals surface area contributed by atoms with Crippen LogP contribution < -0.4 is 10.5 Å². The largest absolute Gasteiger partial charge is 0.439 e. The fraction of sp³-hybridized carbons (Fsp3) is 0.200. The van der Waals surface area contributed by atoms with Gasteiger partial charge in [0.15, 0.2) is 0 Å². The first-order chi connectivity index (χ1) is 9.19. The first-order valence-electron chi connectivity index (χ1n) is 6.21. The Balaban J connectivity index is 2.06. The van der Waals surface area contributed by atoms with E-state index in [1.54, 1.807) is 18.3 Å². The monoisotopic (exact) mass is 272 g/mol. The first kappa shape index (κ1) is 13.5. The topological polar surface area (TPSA) is 48.1 Å². The number of thiocarbonyl (C=S) groups is 1. The number of benzene rings is 1. The van der Waals surface area contributed by atoms with E-state index in [1.165, 1.54) is 5.56 Å². The summed E-state index contributed by atoms with van der Waals surface area (Å²) in [6.07, 6.45) is 3.84. The lowest BCUT2D eigenvalue weighted by Gasteiger charge is -2.06. The van der Waals surface area contributed by atoms with Crippen molar-refractivity contribution in [3.63, 3.8) is 0 Å². The number of aryl methyl sites for hydroxylation is 1. The van der Waals surface area contributed by atoms with E-state index in [1.807, 2.05) is 12.1 Å². The summed E-state index contributed by atoms with van der Waals surface area (Å²) in [5.41, 5.74) is 7.56. The Morgan fingerprint density at radius 1 is 1.21 bits per heavy atom. The van der Waals surface area contributed by atoms with Crippen LogP contribution in [0.4, 0.5) is 0 Å². The average Bonchev–Trinajstić information content (AvgIpc) is 2.42. The van der Waals surface area contributed by atoms with E-state index >= 15 is 0 Å². The SMILES string of the molecule is CCCc1ccc(Oc2ccc(C(N)=S)cn2)cc1. The molecule has 0 aliphatic heterocycles. The van der Waals surface area contributed by atoms with Gasteiger partial charge in [0.2, 0.25) is 5.88 Å². The molecule has 0 bridgehead atoms. The molecular weight excluding hydrogens is 256 g/mol. The number of hydrogen-bond donors (Lipinski definition) is 1. The minimum Gasteiger partial charge on any atom is -0.439 e. The second-order valence-electron chi connectivity index (χ2n) is 4.25. The molecule has 0 spiro atoms. The normalized spacial score (nSPS) is 10.2. The van der Waals surface area contributed by atoms with Crippen molar-refractivity contribution in [1.29, 1.82) is 0 Å². The predicted molar refractivity (Wildman–Crippen MR) is 80.6 cm³/mol. The third-order valence-corrected chi connectivity index (χ3v) is 2.94. The van der Waals surface area contributed by atoms with E-state index in [9.17, 15) is 0 Å². The third-order valence-electron chi connectivity index (χ3n) is 2.71. The van der Waals surface area contributed by atoms with Crippen LogP contribution in [0.3, 0.4) is 0 Å². The van der Waals surface area contributed by atoms with Crippen LogP contribution >= 0.6 is 12.2 Å². The molecule has 3 nitrogen and oxygen atoms in total. The van der Waals surface area contributed by atoms with Gasteiger partial charge in [-0.05, 0) is 30.2 Å². The van der Waals surface area contributed by atoms with Crippen molar-refractivity contribution in [2.75, 3.05) is 0 Å². The number of aromatic nitrogens is 1. The summed E-state index contributed by atoms with van der Waals surface area (Å²) in [5.74, 6) is 1.30. The van der Waals surface area contributed by atoms with Crippen molar-refractivity contribution in [3.05, 3.63) is 53.7 Å². The summed E-state index contributed by atoms with van der Waals surface area (Å²) in [6.45, 7) is 2.16. The highest BCUT2D eigenvalue weighted by atomic mass is 32.1. The molecule has 98 valence electrons. The highest BCUT2D eigenvalue weighted by Gasteiger charge is 2.01. The zero-order valence-corrected chi connectivity index (χ0v) is 11.6. The highest BCUT2D eigenvalue weighted by molar-refractivity contribution is 7.80. The number of nitrogens with zero attached hydrogens (tertiary/aromatic N) is 1. The van der Waals surface area contributed by atoms with Crippen molar-refractivity contribution in [2.24, 2.45) is 5.73 Å². The molecule has 1 heterocycles. The molecule has 2 N–H and O–H groups in total. The summed E-state index contributed by atoms with van der Waals surface area (Å²) in [7, 11) is 0. The lowest BCUT2D eigenvalue weighted by atomic mass is 10.1. The number of nitrogens with two attached hydrogens (primary N) is 1. The smallest absolute Gasteiger partial charge is 0.219 e. The predicted octanol–water partition coefficient (Wildman–Crippen LogP) is 3.46. The maximum absolute atomic E-state index is 5.65. The zero-order chi connectivity index (χ0) is 13.7. The lowest BCUT2D eigenvalue weighted by molar-refractivity contribution is 0.462. The van der Waals surface area contributed by atoms with Gasteiger partial charge in [0.1, 0.15) is 10.7 Å². The maximum Gasteiger partial charge on any atom is 0.219 e. The Morgan fingerprint density at radius 2 is 1.95 bits per heavy atom. The molecule has 19 heavy (non-hydrogen) atoms. The van der Waals surface area contributed by atoms with E-state index in [-0.39, 0.29) is 0 Å². The molecule has 4 heteroatoms. The molecule has 1 aromatic heterocycles. The second kappa shape index (κ2) is 6.29. The summed E-state index contributed by atoms with van der Waals surface area (Å²) in [5, 5.41) is 0. The second-order valence-corrected chi connectivity index (χ2v) is 4.69. The molecule has 0 amide bonds. The highest BCUT2D eigenvalue weighted by Crippen LogP contribution is 2.20. The van der Waals surface area contributed by atoms with Crippen LogP contribution in [-0.2, 0) is 6.42 Å². The Bertz CT molecular complexity index is 549. The van der Waals surface area contributed by atoms with Gasteiger partial charge in [-0.1, -0.05) is 37.7 Å². The van der Waals surface area contributed by atoms with E-state index in [0.717, 1.165) is 24.2 Å². The van der Waals surface area contributed by atoms with Crippen LogP contribution in [0.2, 0.25) is 0 Å². The maximum atomic E-state index is 5.65. The van der Waals surface area contributed by atoms with Gasteiger partial charge in [0.25, 0.3) is 0 Å². The number of rotatable bonds is 5. The Hall–Kier alpha value is -1.94. The minimum atomic E-state index is 0.336. The molecule has 0 aliphatic rings. The van der Waals surface area contributed by atoms with Gasteiger partial charge in [-0.25, -0.2) is 4.98 Å². The van der Waals surface area contributed by atoms with Gasteiger partial charge in [0.05, 0.1) is 0 Å². The standard InChI is InChI=1S/C15H16N2OS/c1-2-3-11-4-7-13(8-5-11)18-14-9-6-12(10-17-14)15(16)19/h4-10H,2-3H2,1H3,(H2,16,19). The first-order valence-corrected chi connectivity index (χ1v) is 6.62. The molecule has 2 rings (SSSR count). The molecule has 0 fully saturated rings. The Morgan fingerprint density at radius 3 is 2.47 bits per heavy atom. The molecular formula is C15H16N2OS. The number of hydrogen-bond acceptors (Lipinski definition) is 3. The number of ether oxygens (including phenoxy) is 1. The van der Waals surface area contributed by atoms with E-state index < -0.39 is 0 Å². The van der Waals surface area contributed by atoms with Crippen LogP contribution in [0.5, 0.6) is 11.6 Å². The molecule has 0 atom stereocenters.